The fourth-order valence-electron chi connectivity index (χ4n) is 3.41. The summed E-state index contributed by atoms with van der Waals surface area (Å²) in [5.41, 5.74) is 0.582. The van der Waals surface area contributed by atoms with Crippen molar-refractivity contribution in [3.63, 3.8) is 0 Å². The zero-order chi connectivity index (χ0) is 25.8. The molecule has 0 spiro atoms. The number of ether oxygens (including phenoxy) is 1. The van der Waals surface area contributed by atoms with E-state index in [1.165, 1.54) is 23.9 Å². The number of aromatic nitrogens is 2. The Bertz CT molecular complexity index is 1280. The first-order chi connectivity index (χ1) is 16.4. The van der Waals surface area contributed by atoms with Crippen LogP contribution in [0.25, 0.3) is 5.69 Å². The first-order valence-electron chi connectivity index (χ1n) is 10.6. The van der Waals surface area contributed by atoms with Crippen molar-refractivity contribution in [3.05, 3.63) is 76.9 Å². The van der Waals surface area contributed by atoms with Crippen LogP contribution in [0.15, 0.2) is 48.5 Å². The van der Waals surface area contributed by atoms with E-state index in [1.54, 1.807) is 30.3 Å². The number of halogens is 4. The molecule has 7 nitrogen and oxygen atoms in total. The van der Waals surface area contributed by atoms with E-state index in [2.05, 4.69) is 15.1 Å². The van der Waals surface area contributed by atoms with Crippen molar-refractivity contribution >= 4 is 10.0 Å². The highest BCUT2D eigenvalue weighted by molar-refractivity contribution is 7.88. The molecule has 0 radical (unpaired) electrons. The molecule has 3 rings (SSSR count). The molecule has 12 heteroatoms. The van der Waals surface area contributed by atoms with Gasteiger partial charge in [0.2, 0.25) is 10.0 Å². The Hall–Kier alpha value is -2.96. The maximum absolute atomic E-state index is 14.4. The van der Waals surface area contributed by atoms with Crippen LogP contribution in [0.4, 0.5) is 17.6 Å². The van der Waals surface area contributed by atoms with E-state index in [-0.39, 0.29) is 24.6 Å². The van der Waals surface area contributed by atoms with E-state index in [0.29, 0.717) is 29.2 Å². The third-order valence-electron chi connectivity index (χ3n) is 5.30. The Kier molecular flexibility index (Phi) is 8.18. The summed E-state index contributed by atoms with van der Waals surface area (Å²) in [6.07, 6.45) is -3.61. The molecule has 0 saturated heterocycles. The molecule has 190 valence electrons. The second kappa shape index (κ2) is 10.8. The summed E-state index contributed by atoms with van der Waals surface area (Å²) < 4.78 is 85.4. The molecule has 0 saturated carbocycles. The van der Waals surface area contributed by atoms with E-state index >= 15 is 0 Å². The summed E-state index contributed by atoms with van der Waals surface area (Å²) in [4.78, 5) is 0. The van der Waals surface area contributed by atoms with Crippen LogP contribution in [0, 0.1) is 5.82 Å². The topological polar surface area (TPSA) is 85.2 Å². The fourth-order valence-corrected chi connectivity index (χ4v) is 3.82. The summed E-state index contributed by atoms with van der Waals surface area (Å²) in [6, 6.07) is 12.1. The molecule has 1 aromatic heterocycles. The van der Waals surface area contributed by atoms with Crippen LogP contribution in [0.3, 0.4) is 0 Å². The highest BCUT2D eigenvalue weighted by Crippen LogP contribution is 2.30. The summed E-state index contributed by atoms with van der Waals surface area (Å²) in [5, 5.41) is 6.85. The minimum atomic E-state index is -4.60. The molecule has 0 aliphatic rings. The minimum absolute atomic E-state index is 0.0868. The molecular formula is C23H26F4N4O3S. The van der Waals surface area contributed by atoms with Gasteiger partial charge in [-0.1, -0.05) is 25.1 Å². The third-order valence-corrected chi connectivity index (χ3v) is 5.97. The number of rotatable bonds is 10. The van der Waals surface area contributed by atoms with Crippen LogP contribution in [-0.4, -0.2) is 38.1 Å². The van der Waals surface area contributed by atoms with Gasteiger partial charge in [-0.2, -0.15) is 18.3 Å². The third kappa shape index (κ3) is 7.26. The summed E-state index contributed by atoms with van der Waals surface area (Å²) in [5.74, 6) is -0.232. The van der Waals surface area contributed by atoms with E-state index in [1.807, 2.05) is 6.92 Å². The first kappa shape index (κ1) is 26.6. The average molecular weight is 515 g/mol. The summed E-state index contributed by atoms with van der Waals surface area (Å²) >= 11 is 0. The van der Waals surface area contributed by atoms with Gasteiger partial charge in [0.15, 0.2) is 5.69 Å². The Morgan fingerprint density at radius 3 is 2.49 bits per heavy atom. The molecule has 0 amide bonds. The van der Waals surface area contributed by atoms with Crippen LogP contribution >= 0.6 is 0 Å². The van der Waals surface area contributed by atoms with Gasteiger partial charge in [0.1, 0.15) is 11.6 Å². The van der Waals surface area contributed by atoms with Crippen molar-refractivity contribution in [1.29, 1.82) is 0 Å². The van der Waals surface area contributed by atoms with Gasteiger partial charge in [0.05, 0.1) is 24.7 Å². The van der Waals surface area contributed by atoms with Crippen molar-refractivity contribution < 1.29 is 30.7 Å². The van der Waals surface area contributed by atoms with Crippen molar-refractivity contribution in [2.45, 2.75) is 32.1 Å². The standard InChI is InChI=1S/C23H26F4N4O3S/c1-15(16-7-8-17(21(24)9-16)13-29-35(3,32)33)12-28-14-19-11-22(23(25,26)27)30-31(19)18-5-4-6-20(10-18)34-2/h4-11,15,28-29H,12-14H2,1-3H3. The van der Waals surface area contributed by atoms with E-state index in [4.69, 9.17) is 4.74 Å². The lowest BCUT2D eigenvalue weighted by molar-refractivity contribution is -0.141. The van der Waals surface area contributed by atoms with E-state index < -0.39 is 27.7 Å². The summed E-state index contributed by atoms with van der Waals surface area (Å²) in [7, 11) is -1.99. The van der Waals surface area contributed by atoms with Crippen LogP contribution < -0.4 is 14.8 Å². The van der Waals surface area contributed by atoms with Crippen LogP contribution in [0.2, 0.25) is 0 Å². The van der Waals surface area contributed by atoms with E-state index in [0.717, 1.165) is 12.3 Å². The fraction of sp³-hybridized carbons (Fsp3) is 0.348. The van der Waals surface area contributed by atoms with E-state index in [9.17, 15) is 26.0 Å². The molecule has 2 N–H and O–H groups in total. The van der Waals surface area contributed by atoms with Crippen molar-refractivity contribution in [3.8, 4) is 11.4 Å². The Labute approximate surface area is 201 Å². The number of nitrogens with one attached hydrogen (secondary N) is 2. The van der Waals surface area contributed by atoms with Crippen LogP contribution in [0.5, 0.6) is 5.75 Å². The molecule has 1 unspecified atom stereocenters. The molecule has 3 aromatic rings. The monoisotopic (exact) mass is 514 g/mol. The molecule has 0 aliphatic carbocycles. The molecular weight excluding hydrogens is 488 g/mol. The maximum atomic E-state index is 14.4. The zero-order valence-corrected chi connectivity index (χ0v) is 20.2. The molecule has 2 aromatic carbocycles. The maximum Gasteiger partial charge on any atom is 0.435 e. The smallest absolute Gasteiger partial charge is 0.435 e. The Morgan fingerprint density at radius 2 is 1.86 bits per heavy atom. The van der Waals surface area contributed by atoms with Gasteiger partial charge in [0.25, 0.3) is 0 Å². The number of nitrogens with zero attached hydrogens (tertiary/aromatic N) is 2. The minimum Gasteiger partial charge on any atom is -0.497 e. The highest BCUT2D eigenvalue weighted by Gasteiger charge is 2.35. The van der Waals surface area contributed by atoms with Crippen molar-refractivity contribution in [2.24, 2.45) is 0 Å². The first-order valence-corrected chi connectivity index (χ1v) is 12.5. The molecule has 0 aliphatic heterocycles. The number of hydrogen-bond donors (Lipinski definition) is 2. The van der Waals surface area contributed by atoms with Gasteiger partial charge in [0, 0.05) is 31.3 Å². The second-order valence-corrected chi connectivity index (χ2v) is 9.94. The molecule has 0 fully saturated rings. The van der Waals surface area contributed by atoms with Crippen LogP contribution in [0.1, 0.15) is 35.4 Å². The van der Waals surface area contributed by atoms with Gasteiger partial charge in [-0.25, -0.2) is 22.2 Å². The highest BCUT2D eigenvalue weighted by atomic mass is 32.2. The number of hydrogen-bond acceptors (Lipinski definition) is 5. The molecule has 1 atom stereocenters. The lowest BCUT2D eigenvalue weighted by Gasteiger charge is -2.15. The predicted molar refractivity (Wildman–Crippen MR) is 123 cm³/mol. The van der Waals surface area contributed by atoms with Gasteiger partial charge in [-0.3, -0.25) is 0 Å². The number of methoxy groups -OCH3 is 1. The second-order valence-electron chi connectivity index (χ2n) is 8.11. The normalized spacial score (nSPS) is 13.1. The molecule has 35 heavy (non-hydrogen) atoms. The Balaban J connectivity index is 1.71. The predicted octanol–water partition coefficient (Wildman–Crippen LogP) is 3.98. The SMILES string of the molecule is COc1cccc(-n2nc(C(F)(F)F)cc2CNCC(C)c2ccc(CNS(C)(=O)=O)c(F)c2)c1. The number of benzene rings is 2. The van der Waals surface area contributed by atoms with Gasteiger partial charge in [-0.05, 0) is 35.7 Å². The average Bonchev–Trinajstić information content (AvgIpc) is 3.22. The lowest BCUT2D eigenvalue weighted by atomic mass is 9.99. The molecule has 0 bridgehead atoms. The Morgan fingerprint density at radius 1 is 1.11 bits per heavy atom. The summed E-state index contributed by atoms with van der Waals surface area (Å²) in [6.45, 7) is 2.12. The van der Waals surface area contributed by atoms with Crippen LogP contribution in [-0.2, 0) is 29.3 Å². The van der Waals surface area contributed by atoms with Gasteiger partial charge in [-0.15, -0.1) is 0 Å². The quantitative estimate of drug-likeness (QED) is 0.400. The largest absolute Gasteiger partial charge is 0.497 e. The zero-order valence-electron chi connectivity index (χ0n) is 19.4. The van der Waals surface area contributed by atoms with Gasteiger partial charge < -0.3 is 10.1 Å². The van der Waals surface area contributed by atoms with Crippen molar-refractivity contribution in [1.82, 2.24) is 19.8 Å². The van der Waals surface area contributed by atoms with Crippen molar-refractivity contribution in [2.75, 3.05) is 19.9 Å². The number of sulfonamides is 1. The van der Waals surface area contributed by atoms with Gasteiger partial charge >= 0.3 is 6.18 Å². The molecule has 1 heterocycles. The number of alkyl halides is 3. The lowest BCUT2D eigenvalue weighted by Crippen LogP contribution is -2.22.